The third-order valence-corrected chi connectivity index (χ3v) is 3.92. The second kappa shape index (κ2) is 4.71. The summed E-state index contributed by atoms with van der Waals surface area (Å²) in [5.74, 6) is 0.206. The lowest BCUT2D eigenvalue weighted by molar-refractivity contribution is -0.117. The Morgan fingerprint density at radius 3 is 2.83 bits per heavy atom. The number of anilines is 1. The average Bonchev–Trinajstić information content (AvgIpc) is 2.69. The SMILES string of the molecule is CN1C(=O)Cc2c(CN3CCNCC3)cccc21. The van der Waals surface area contributed by atoms with E-state index in [9.17, 15) is 4.79 Å². The second-order valence-electron chi connectivity index (χ2n) is 5.07. The van der Waals surface area contributed by atoms with Gasteiger partial charge in [-0.05, 0) is 17.2 Å². The van der Waals surface area contributed by atoms with Gasteiger partial charge in [0.25, 0.3) is 0 Å². The smallest absolute Gasteiger partial charge is 0.231 e. The minimum atomic E-state index is 0.206. The molecule has 1 saturated heterocycles. The van der Waals surface area contributed by atoms with Crippen LogP contribution in [0.4, 0.5) is 5.69 Å². The van der Waals surface area contributed by atoms with Crippen LogP contribution in [0.1, 0.15) is 11.1 Å². The topological polar surface area (TPSA) is 35.6 Å². The van der Waals surface area contributed by atoms with Crippen molar-refractivity contribution in [3.05, 3.63) is 29.3 Å². The molecule has 0 spiro atoms. The maximum atomic E-state index is 11.8. The molecular weight excluding hydrogens is 226 g/mol. The van der Waals surface area contributed by atoms with Crippen LogP contribution < -0.4 is 10.2 Å². The number of amides is 1. The number of likely N-dealkylation sites (N-methyl/N-ethyl adjacent to an activating group) is 1. The van der Waals surface area contributed by atoms with Crippen LogP contribution in [0.25, 0.3) is 0 Å². The van der Waals surface area contributed by atoms with Gasteiger partial charge in [-0.25, -0.2) is 0 Å². The fourth-order valence-electron chi connectivity index (χ4n) is 2.80. The zero-order valence-electron chi connectivity index (χ0n) is 10.8. The van der Waals surface area contributed by atoms with E-state index in [-0.39, 0.29) is 5.91 Å². The maximum Gasteiger partial charge on any atom is 0.231 e. The lowest BCUT2D eigenvalue weighted by Crippen LogP contribution is -2.43. The van der Waals surface area contributed by atoms with Crippen molar-refractivity contribution in [2.75, 3.05) is 38.1 Å². The van der Waals surface area contributed by atoms with Crippen LogP contribution in [0, 0.1) is 0 Å². The van der Waals surface area contributed by atoms with Gasteiger partial charge in [-0.15, -0.1) is 0 Å². The molecule has 1 aromatic carbocycles. The average molecular weight is 245 g/mol. The van der Waals surface area contributed by atoms with Crippen LogP contribution in [0.5, 0.6) is 0 Å². The Morgan fingerprint density at radius 2 is 2.06 bits per heavy atom. The molecule has 1 aromatic rings. The van der Waals surface area contributed by atoms with Crippen molar-refractivity contribution in [1.29, 1.82) is 0 Å². The molecule has 0 atom stereocenters. The Balaban J connectivity index is 1.83. The highest BCUT2D eigenvalue weighted by Crippen LogP contribution is 2.30. The third kappa shape index (κ3) is 2.02. The van der Waals surface area contributed by atoms with Crippen LogP contribution >= 0.6 is 0 Å². The lowest BCUT2D eigenvalue weighted by Gasteiger charge is -2.27. The van der Waals surface area contributed by atoms with Gasteiger partial charge in [0.1, 0.15) is 0 Å². The highest BCUT2D eigenvalue weighted by molar-refractivity contribution is 6.01. The van der Waals surface area contributed by atoms with E-state index in [1.165, 1.54) is 11.1 Å². The Bertz CT molecular complexity index is 466. The van der Waals surface area contributed by atoms with Crippen molar-refractivity contribution in [1.82, 2.24) is 10.2 Å². The molecule has 0 radical (unpaired) electrons. The van der Waals surface area contributed by atoms with Gasteiger partial charge in [-0.3, -0.25) is 9.69 Å². The van der Waals surface area contributed by atoms with E-state index >= 15 is 0 Å². The molecule has 2 heterocycles. The third-order valence-electron chi connectivity index (χ3n) is 3.92. The molecule has 2 aliphatic heterocycles. The van der Waals surface area contributed by atoms with Crippen molar-refractivity contribution in [3.63, 3.8) is 0 Å². The number of piperazine rings is 1. The fraction of sp³-hybridized carbons (Fsp3) is 0.500. The number of hydrogen-bond acceptors (Lipinski definition) is 3. The monoisotopic (exact) mass is 245 g/mol. The Morgan fingerprint density at radius 1 is 1.28 bits per heavy atom. The molecule has 0 aromatic heterocycles. The van der Waals surface area contributed by atoms with Crippen LogP contribution in [0.15, 0.2) is 18.2 Å². The first-order chi connectivity index (χ1) is 8.75. The van der Waals surface area contributed by atoms with Crippen molar-refractivity contribution in [3.8, 4) is 0 Å². The molecule has 0 saturated carbocycles. The molecule has 4 heteroatoms. The molecule has 0 unspecified atom stereocenters. The van der Waals surface area contributed by atoms with Crippen molar-refractivity contribution >= 4 is 11.6 Å². The zero-order chi connectivity index (χ0) is 12.5. The standard InChI is InChI=1S/C14H19N3O/c1-16-13-4-2-3-11(12(13)9-14(16)18)10-17-7-5-15-6-8-17/h2-4,15H,5-10H2,1H3. The van der Waals surface area contributed by atoms with Crippen LogP contribution in [0.2, 0.25) is 0 Å². The largest absolute Gasteiger partial charge is 0.315 e. The Kier molecular flexibility index (Phi) is 3.06. The first kappa shape index (κ1) is 11.7. The maximum absolute atomic E-state index is 11.8. The van der Waals surface area contributed by atoms with Gasteiger partial charge in [0, 0.05) is 45.5 Å². The summed E-state index contributed by atoms with van der Waals surface area (Å²) in [7, 11) is 1.86. The van der Waals surface area contributed by atoms with Gasteiger partial charge in [-0.2, -0.15) is 0 Å². The van der Waals surface area contributed by atoms with E-state index in [2.05, 4.69) is 22.3 Å². The summed E-state index contributed by atoms with van der Waals surface area (Å²) in [6, 6.07) is 6.26. The zero-order valence-corrected chi connectivity index (χ0v) is 10.8. The number of nitrogens with one attached hydrogen (secondary N) is 1. The van der Waals surface area contributed by atoms with Crippen molar-refractivity contribution in [2.24, 2.45) is 0 Å². The fourth-order valence-corrected chi connectivity index (χ4v) is 2.80. The van der Waals surface area contributed by atoms with Crippen molar-refractivity contribution < 1.29 is 4.79 Å². The quantitative estimate of drug-likeness (QED) is 0.829. The van der Waals surface area contributed by atoms with E-state index in [1.54, 1.807) is 4.90 Å². The van der Waals surface area contributed by atoms with Crippen molar-refractivity contribution in [2.45, 2.75) is 13.0 Å². The number of carbonyl (C=O) groups excluding carboxylic acids is 1. The molecule has 1 amide bonds. The predicted octanol–water partition coefficient (Wildman–Crippen LogP) is 0.611. The number of rotatable bonds is 2. The van der Waals surface area contributed by atoms with E-state index in [0.29, 0.717) is 6.42 Å². The van der Waals surface area contributed by atoms with Crippen LogP contribution in [0.3, 0.4) is 0 Å². The molecular formula is C14H19N3O. The van der Waals surface area contributed by atoms with Gasteiger partial charge in [0.15, 0.2) is 0 Å². The second-order valence-corrected chi connectivity index (χ2v) is 5.07. The molecule has 1 fully saturated rings. The minimum Gasteiger partial charge on any atom is -0.315 e. The van der Waals surface area contributed by atoms with E-state index in [1.807, 2.05) is 13.1 Å². The molecule has 0 bridgehead atoms. The summed E-state index contributed by atoms with van der Waals surface area (Å²) in [5, 5.41) is 3.36. The summed E-state index contributed by atoms with van der Waals surface area (Å²) >= 11 is 0. The number of nitrogens with zero attached hydrogens (tertiary/aromatic N) is 2. The molecule has 1 N–H and O–H groups in total. The normalized spacial score (nSPS) is 20.3. The highest BCUT2D eigenvalue weighted by Gasteiger charge is 2.26. The summed E-state index contributed by atoms with van der Waals surface area (Å²) in [5.41, 5.74) is 3.63. The van der Waals surface area contributed by atoms with Gasteiger partial charge >= 0.3 is 0 Å². The number of hydrogen-bond donors (Lipinski definition) is 1. The van der Waals surface area contributed by atoms with E-state index < -0.39 is 0 Å². The number of benzene rings is 1. The lowest BCUT2D eigenvalue weighted by atomic mass is 10.0. The van der Waals surface area contributed by atoms with Crippen LogP contribution in [-0.4, -0.2) is 44.0 Å². The summed E-state index contributed by atoms with van der Waals surface area (Å²) < 4.78 is 0. The van der Waals surface area contributed by atoms with Gasteiger partial charge in [0.05, 0.1) is 6.42 Å². The van der Waals surface area contributed by atoms with Gasteiger partial charge in [-0.1, -0.05) is 12.1 Å². The molecule has 18 heavy (non-hydrogen) atoms. The predicted molar refractivity (Wildman–Crippen MR) is 71.7 cm³/mol. The van der Waals surface area contributed by atoms with E-state index in [0.717, 1.165) is 38.4 Å². The first-order valence-electron chi connectivity index (χ1n) is 6.56. The molecule has 3 rings (SSSR count). The summed E-state index contributed by atoms with van der Waals surface area (Å²) in [6.07, 6.45) is 0.564. The van der Waals surface area contributed by atoms with Gasteiger partial charge < -0.3 is 10.2 Å². The minimum absolute atomic E-state index is 0.206. The molecule has 0 aliphatic carbocycles. The molecule has 2 aliphatic rings. The number of carbonyl (C=O) groups is 1. The summed E-state index contributed by atoms with van der Waals surface area (Å²) in [4.78, 5) is 16.0. The Hall–Kier alpha value is -1.39. The van der Waals surface area contributed by atoms with E-state index in [4.69, 9.17) is 0 Å². The van der Waals surface area contributed by atoms with Gasteiger partial charge in [0.2, 0.25) is 5.91 Å². The molecule has 4 nitrogen and oxygen atoms in total. The Labute approximate surface area is 108 Å². The summed E-state index contributed by atoms with van der Waals surface area (Å²) in [6.45, 7) is 5.27. The van der Waals surface area contributed by atoms with Crippen LogP contribution in [-0.2, 0) is 17.8 Å². The highest BCUT2D eigenvalue weighted by atomic mass is 16.2. The molecule has 96 valence electrons. The number of fused-ring (bicyclic) bond motifs is 1. The first-order valence-corrected chi connectivity index (χ1v) is 6.56.